The molecular formula is C16H24O7S. The van der Waals surface area contributed by atoms with Gasteiger partial charge in [0.25, 0.3) is 0 Å². The molecule has 0 bridgehead atoms. The Labute approximate surface area is 146 Å². The predicted octanol–water partition coefficient (Wildman–Crippen LogP) is 1.84. The molecule has 0 aromatic heterocycles. The maximum absolute atomic E-state index is 11.5. The third-order valence-electron chi connectivity index (χ3n) is 3.13. The van der Waals surface area contributed by atoms with Gasteiger partial charge in [-0.3, -0.25) is 14.4 Å². The van der Waals surface area contributed by atoms with Gasteiger partial charge in [0.15, 0.2) is 18.3 Å². The van der Waals surface area contributed by atoms with Crippen LogP contribution in [0.5, 0.6) is 0 Å². The number of carbonyl (C=O) groups is 3. The lowest BCUT2D eigenvalue weighted by atomic mass is 10.00. The van der Waals surface area contributed by atoms with Gasteiger partial charge in [-0.2, -0.15) is 0 Å². The first-order valence-corrected chi connectivity index (χ1v) is 8.59. The highest BCUT2D eigenvalue weighted by molar-refractivity contribution is 8.00. The van der Waals surface area contributed by atoms with Crippen molar-refractivity contribution < 1.29 is 33.3 Å². The standard InChI is InChI=1S/C16H24O7S/c1-8(2)7-24-16-15(23-12(6)19)14(22-11(5)18)13(9(3)20-16)21-10(4)17/h9,13-16H,1,7H2,2-6H3/t9-,13+,14+,15-,16+/m0/s1. The first-order chi connectivity index (χ1) is 11.1. The Morgan fingerprint density at radius 3 is 1.83 bits per heavy atom. The van der Waals surface area contributed by atoms with Crippen LogP contribution in [0.2, 0.25) is 0 Å². The highest BCUT2D eigenvalue weighted by Gasteiger charge is 2.50. The summed E-state index contributed by atoms with van der Waals surface area (Å²) in [6.07, 6.45) is -3.23. The number of ether oxygens (including phenoxy) is 4. The Balaban J connectivity index is 3.11. The van der Waals surface area contributed by atoms with E-state index in [1.54, 1.807) is 6.92 Å². The maximum Gasteiger partial charge on any atom is 0.303 e. The van der Waals surface area contributed by atoms with Crippen molar-refractivity contribution in [2.45, 2.75) is 64.5 Å². The molecule has 1 fully saturated rings. The number of hydrogen-bond donors (Lipinski definition) is 0. The van der Waals surface area contributed by atoms with Crippen molar-refractivity contribution in [1.29, 1.82) is 0 Å². The minimum Gasteiger partial charge on any atom is -0.456 e. The van der Waals surface area contributed by atoms with Crippen molar-refractivity contribution in [1.82, 2.24) is 0 Å². The van der Waals surface area contributed by atoms with E-state index in [1.807, 2.05) is 6.92 Å². The molecule has 1 aliphatic rings. The van der Waals surface area contributed by atoms with Gasteiger partial charge in [-0.05, 0) is 13.8 Å². The average Bonchev–Trinajstić information content (AvgIpc) is 2.42. The lowest BCUT2D eigenvalue weighted by molar-refractivity contribution is -0.228. The first kappa shape index (κ1) is 20.5. The SMILES string of the molecule is C=C(C)CS[C@H]1O[C@@H](C)[C@@H](OC(C)=O)[C@@H](OC(C)=O)[C@@H]1OC(C)=O. The number of esters is 3. The van der Waals surface area contributed by atoms with Gasteiger partial charge in [0.05, 0.1) is 6.10 Å². The van der Waals surface area contributed by atoms with Gasteiger partial charge in [0.2, 0.25) is 0 Å². The normalized spacial score (nSPS) is 29.5. The minimum atomic E-state index is -0.943. The van der Waals surface area contributed by atoms with Gasteiger partial charge >= 0.3 is 17.9 Å². The molecule has 1 aliphatic heterocycles. The van der Waals surface area contributed by atoms with Gasteiger partial charge in [0, 0.05) is 26.5 Å². The molecule has 136 valence electrons. The lowest BCUT2D eigenvalue weighted by Gasteiger charge is -2.43. The van der Waals surface area contributed by atoms with E-state index in [9.17, 15) is 14.4 Å². The molecule has 5 atom stereocenters. The molecule has 7 nitrogen and oxygen atoms in total. The van der Waals surface area contributed by atoms with Crippen LogP contribution in [0, 0.1) is 0 Å². The Kier molecular flexibility index (Phi) is 7.75. The molecule has 0 spiro atoms. The largest absolute Gasteiger partial charge is 0.456 e. The number of thioether (sulfide) groups is 1. The van der Waals surface area contributed by atoms with Crippen LogP contribution >= 0.6 is 11.8 Å². The van der Waals surface area contributed by atoms with Crippen molar-refractivity contribution in [2.75, 3.05) is 5.75 Å². The fraction of sp³-hybridized carbons (Fsp3) is 0.688. The molecule has 0 aliphatic carbocycles. The second-order valence-electron chi connectivity index (χ2n) is 5.70. The van der Waals surface area contributed by atoms with E-state index in [2.05, 4.69) is 6.58 Å². The molecule has 0 aromatic rings. The molecule has 8 heteroatoms. The van der Waals surface area contributed by atoms with E-state index >= 15 is 0 Å². The van der Waals surface area contributed by atoms with Crippen LogP contribution in [0.25, 0.3) is 0 Å². The second kappa shape index (κ2) is 9.08. The van der Waals surface area contributed by atoms with Gasteiger partial charge in [-0.25, -0.2) is 0 Å². The number of hydrogen-bond acceptors (Lipinski definition) is 8. The van der Waals surface area contributed by atoms with Crippen LogP contribution in [0.1, 0.15) is 34.6 Å². The fourth-order valence-electron chi connectivity index (χ4n) is 2.33. The quantitative estimate of drug-likeness (QED) is 0.403. The third-order valence-corrected chi connectivity index (χ3v) is 4.49. The summed E-state index contributed by atoms with van der Waals surface area (Å²) >= 11 is 1.38. The Bertz CT molecular complexity index is 505. The molecule has 1 rings (SSSR count). The predicted molar refractivity (Wildman–Crippen MR) is 88.3 cm³/mol. The zero-order chi connectivity index (χ0) is 18.4. The summed E-state index contributed by atoms with van der Waals surface area (Å²) in [6.45, 7) is 11.2. The molecule has 0 saturated carbocycles. The number of rotatable bonds is 6. The molecular weight excluding hydrogens is 336 g/mol. The molecule has 24 heavy (non-hydrogen) atoms. The van der Waals surface area contributed by atoms with Crippen molar-refractivity contribution in [3.8, 4) is 0 Å². The van der Waals surface area contributed by atoms with E-state index in [1.165, 1.54) is 32.5 Å². The Morgan fingerprint density at radius 1 is 0.917 bits per heavy atom. The summed E-state index contributed by atoms with van der Waals surface area (Å²) in [7, 11) is 0. The van der Waals surface area contributed by atoms with Crippen LogP contribution in [-0.2, 0) is 33.3 Å². The fourth-order valence-corrected chi connectivity index (χ4v) is 3.43. The molecule has 1 saturated heterocycles. The summed E-state index contributed by atoms with van der Waals surface area (Å²) < 4.78 is 21.7. The van der Waals surface area contributed by atoms with Crippen LogP contribution in [0.15, 0.2) is 12.2 Å². The van der Waals surface area contributed by atoms with E-state index < -0.39 is 47.8 Å². The van der Waals surface area contributed by atoms with E-state index in [0.717, 1.165) is 5.57 Å². The molecule has 0 radical (unpaired) electrons. The van der Waals surface area contributed by atoms with Crippen LogP contribution in [0.4, 0.5) is 0 Å². The zero-order valence-electron chi connectivity index (χ0n) is 14.6. The summed E-state index contributed by atoms with van der Waals surface area (Å²) in [4.78, 5) is 34.3. The minimum absolute atomic E-state index is 0.535. The Morgan fingerprint density at radius 2 is 1.38 bits per heavy atom. The lowest BCUT2D eigenvalue weighted by Crippen LogP contribution is -2.59. The monoisotopic (exact) mass is 360 g/mol. The van der Waals surface area contributed by atoms with E-state index in [0.29, 0.717) is 5.75 Å². The number of carbonyl (C=O) groups excluding carboxylic acids is 3. The van der Waals surface area contributed by atoms with Gasteiger partial charge in [-0.15, -0.1) is 11.8 Å². The smallest absolute Gasteiger partial charge is 0.303 e. The zero-order valence-corrected chi connectivity index (χ0v) is 15.4. The molecule has 0 unspecified atom stereocenters. The summed E-state index contributed by atoms with van der Waals surface area (Å²) in [5.41, 5.74) is 0.348. The van der Waals surface area contributed by atoms with Crippen molar-refractivity contribution in [3.05, 3.63) is 12.2 Å². The van der Waals surface area contributed by atoms with Crippen molar-refractivity contribution in [3.63, 3.8) is 0 Å². The van der Waals surface area contributed by atoms with Crippen molar-refractivity contribution >= 4 is 29.7 Å². The molecule has 0 N–H and O–H groups in total. The summed E-state index contributed by atoms with van der Waals surface area (Å²) in [6, 6.07) is 0. The molecule has 0 amide bonds. The highest BCUT2D eigenvalue weighted by Crippen LogP contribution is 2.34. The van der Waals surface area contributed by atoms with Crippen molar-refractivity contribution in [2.24, 2.45) is 0 Å². The highest BCUT2D eigenvalue weighted by atomic mass is 32.2. The third kappa shape index (κ3) is 6.16. The second-order valence-corrected chi connectivity index (χ2v) is 6.79. The van der Waals surface area contributed by atoms with Crippen LogP contribution in [0.3, 0.4) is 0 Å². The van der Waals surface area contributed by atoms with Gasteiger partial charge in [0.1, 0.15) is 5.44 Å². The Hall–Kier alpha value is -1.54. The van der Waals surface area contributed by atoms with Gasteiger partial charge < -0.3 is 18.9 Å². The summed E-state index contributed by atoms with van der Waals surface area (Å²) in [5.74, 6) is -1.06. The summed E-state index contributed by atoms with van der Waals surface area (Å²) in [5, 5.41) is 0. The van der Waals surface area contributed by atoms with E-state index in [4.69, 9.17) is 18.9 Å². The average molecular weight is 360 g/mol. The van der Waals surface area contributed by atoms with Gasteiger partial charge in [-0.1, -0.05) is 12.2 Å². The first-order valence-electron chi connectivity index (χ1n) is 7.55. The van der Waals surface area contributed by atoms with Crippen LogP contribution in [-0.4, -0.2) is 53.5 Å². The van der Waals surface area contributed by atoms with Crippen LogP contribution < -0.4 is 0 Å². The topological polar surface area (TPSA) is 88.1 Å². The van der Waals surface area contributed by atoms with E-state index in [-0.39, 0.29) is 0 Å². The maximum atomic E-state index is 11.5. The molecule has 1 heterocycles. The molecule has 0 aromatic carbocycles.